The van der Waals surface area contributed by atoms with Gasteiger partial charge in [-0.05, 0) is 56.6 Å². The second-order valence-corrected chi connectivity index (χ2v) is 9.85. The molecule has 4 aromatic rings. The Balaban J connectivity index is 1.43. The molecule has 156 valence electrons. The number of ether oxygens (including phenoxy) is 1. The third kappa shape index (κ3) is 3.83. The largest absolute Gasteiger partial charge is 0.383 e. The Morgan fingerprint density at radius 2 is 2.17 bits per heavy atom. The van der Waals surface area contributed by atoms with Crippen LogP contribution in [0.4, 0.5) is 11.4 Å². The van der Waals surface area contributed by atoms with Gasteiger partial charge >= 0.3 is 0 Å². The van der Waals surface area contributed by atoms with Crippen molar-refractivity contribution in [3.05, 3.63) is 46.9 Å². The van der Waals surface area contributed by atoms with E-state index in [9.17, 15) is 0 Å². The average Bonchev–Trinajstić information content (AvgIpc) is 3.40. The number of rotatable bonds is 6. The second kappa shape index (κ2) is 8.59. The molecular weight excluding hydrogens is 412 g/mol. The van der Waals surface area contributed by atoms with Gasteiger partial charge in [-0.1, -0.05) is 0 Å². The summed E-state index contributed by atoms with van der Waals surface area (Å²) >= 11 is 3.51. The highest BCUT2D eigenvalue weighted by Gasteiger charge is 2.30. The summed E-state index contributed by atoms with van der Waals surface area (Å²) in [7, 11) is 1.78. The minimum absolute atomic E-state index is 0.519. The van der Waals surface area contributed by atoms with Gasteiger partial charge in [0.25, 0.3) is 0 Å². The van der Waals surface area contributed by atoms with Crippen LogP contribution < -0.4 is 5.32 Å². The molecule has 30 heavy (non-hydrogen) atoms. The molecule has 0 amide bonds. The van der Waals surface area contributed by atoms with Gasteiger partial charge in [-0.25, -0.2) is 9.97 Å². The number of hydrogen-bond acceptors (Lipinski definition) is 7. The maximum absolute atomic E-state index is 5.31. The van der Waals surface area contributed by atoms with Crippen molar-refractivity contribution in [1.29, 1.82) is 0 Å². The number of methoxy groups -OCH3 is 1. The maximum Gasteiger partial charge on any atom is 0.125 e. The topological polar surface area (TPSA) is 50.3 Å². The number of fused-ring (bicyclic) bond motifs is 2. The van der Waals surface area contributed by atoms with E-state index in [0.717, 1.165) is 41.4 Å². The Morgan fingerprint density at radius 1 is 1.23 bits per heavy atom. The molecule has 0 saturated carbocycles. The molecule has 1 aliphatic heterocycles. The minimum Gasteiger partial charge on any atom is -0.383 e. The zero-order chi connectivity index (χ0) is 20.5. The zero-order valence-corrected chi connectivity index (χ0v) is 18.9. The van der Waals surface area contributed by atoms with Gasteiger partial charge in [0, 0.05) is 47.8 Å². The third-order valence-electron chi connectivity index (χ3n) is 6.13. The Bertz CT molecular complexity index is 1150. The van der Waals surface area contributed by atoms with Crippen molar-refractivity contribution in [3.63, 3.8) is 0 Å². The number of hydrogen-bond donors (Lipinski definition) is 1. The number of benzene rings is 1. The minimum atomic E-state index is 0.519. The SMILES string of the molecule is COCCN1CCC[C@H](c2cc3c(Nc4ccc5scnc5c4)ccnc3s2)[C@H]1C. The Labute approximate surface area is 184 Å². The lowest BCUT2D eigenvalue weighted by Gasteiger charge is -2.39. The quantitative estimate of drug-likeness (QED) is 0.408. The molecule has 1 N–H and O–H groups in total. The Kier molecular flexibility index (Phi) is 5.69. The van der Waals surface area contributed by atoms with Crippen LogP contribution in [0.3, 0.4) is 0 Å². The first kappa shape index (κ1) is 19.9. The number of aromatic nitrogens is 2. The number of thiazole rings is 1. The molecule has 3 aromatic heterocycles. The first-order valence-corrected chi connectivity index (χ1v) is 12.1. The Hall–Kier alpha value is -2.06. The molecule has 0 bridgehead atoms. The molecule has 5 rings (SSSR count). The molecule has 0 unspecified atom stereocenters. The average molecular weight is 439 g/mol. The number of pyridine rings is 1. The first-order valence-electron chi connectivity index (χ1n) is 10.4. The fraction of sp³-hybridized carbons (Fsp3) is 0.391. The van der Waals surface area contributed by atoms with Gasteiger partial charge in [0.05, 0.1) is 28.0 Å². The number of nitrogens with zero attached hydrogens (tertiary/aromatic N) is 3. The molecule has 0 aliphatic carbocycles. The summed E-state index contributed by atoms with van der Waals surface area (Å²) < 4.78 is 6.53. The number of likely N-dealkylation sites (tertiary alicyclic amines) is 1. The van der Waals surface area contributed by atoms with Crippen LogP contribution in [0.15, 0.2) is 42.0 Å². The van der Waals surface area contributed by atoms with Gasteiger partial charge in [-0.3, -0.25) is 4.90 Å². The van der Waals surface area contributed by atoms with E-state index in [2.05, 4.69) is 57.4 Å². The van der Waals surface area contributed by atoms with Crippen LogP contribution >= 0.6 is 22.7 Å². The van der Waals surface area contributed by atoms with E-state index in [1.807, 2.05) is 23.0 Å². The summed E-state index contributed by atoms with van der Waals surface area (Å²) in [6.07, 6.45) is 4.38. The molecular formula is C23H26N4OS2. The highest BCUT2D eigenvalue weighted by atomic mass is 32.1. The van der Waals surface area contributed by atoms with Crippen LogP contribution in [0.5, 0.6) is 0 Å². The smallest absolute Gasteiger partial charge is 0.125 e. The molecule has 0 spiro atoms. The highest BCUT2D eigenvalue weighted by Crippen LogP contribution is 2.40. The standard InChI is InChI=1S/C23H26N4OS2/c1-15-17(4-3-9-27(15)10-11-28-2)22-13-18-19(7-8-24-23(18)30-22)26-16-5-6-21-20(12-16)25-14-29-21/h5-8,12-15,17H,3-4,9-11H2,1-2H3,(H,24,26)/t15-,17+/m1/s1. The second-order valence-electron chi connectivity index (χ2n) is 7.90. The van der Waals surface area contributed by atoms with Crippen molar-refractivity contribution in [1.82, 2.24) is 14.9 Å². The van der Waals surface area contributed by atoms with E-state index in [-0.39, 0.29) is 0 Å². The van der Waals surface area contributed by atoms with E-state index in [4.69, 9.17) is 4.74 Å². The summed E-state index contributed by atoms with van der Waals surface area (Å²) in [5.74, 6) is 0.550. The van der Waals surface area contributed by atoms with Crippen LogP contribution in [-0.2, 0) is 4.74 Å². The van der Waals surface area contributed by atoms with E-state index in [1.54, 1.807) is 18.4 Å². The summed E-state index contributed by atoms with van der Waals surface area (Å²) in [6, 6.07) is 11.3. The van der Waals surface area contributed by atoms with Crippen LogP contribution in [0.25, 0.3) is 20.4 Å². The first-order chi connectivity index (χ1) is 14.7. The molecule has 1 aliphatic rings. The lowest BCUT2D eigenvalue weighted by atomic mass is 9.88. The lowest BCUT2D eigenvalue weighted by molar-refractivity contribution is 0.0924. The maximum atomic E-state index is 5.31. The van der Waals surface area contributed by atoms with Crippen molar-refractivity contribution in [2.24, 2.45) is 0 Å². The van der Waals surface area contributed by atoms with Gasteiger partial charge < -0.3 is 10.1 Å². The van der Waals surface area contributed by atoms with Crippen molar-refractivity contribution >= 4 is 54.5 Å². The van der Waals surface area contributed by atoms with Gasteiger partial charge in [-0.15, -0.1) is 22.7 Å². The van der Waals surface area contributed by atoms with E-state index in [0.29, 0.717) is 12.0 Å². The fourth-order valence-corrected chi connectivity index (χ4v) is 6.38. The van der Waals surface area contributed by atoms with E-state index in [1.165, 1.54) is 27.8 Å². The van der Waals surface area contributed by atoms with Gasteiger partial charge in [0.1, 0.15) is 4.83 Å². The van der Waals surface area contributed by atoms with Crippen LogP contribution in [0, 0.1) is 0 Å². The monoisotopic (exact) mass is 438 g/mol. The van der Waals surface area contributed by atoms with Crippen molar-refractivity contribution in [3.8, 4) is 0 Å². The van der Waals surface area contributed by atoms with E-state index >= 15 is 0 Å². The molecule has 4 heterocycles. The zero-order valence-electron chi connectivity index (χ0n) is 17.3. The lowest BCUT2D eigenvalue weighted by Crippen LogP contribution is -2.43. The van der Waals surface area contributed by atoms with Crippen LogP contribution in [0.1, 0.15) is 30.6 Å². The predicted octanol–water partition coefficient (Wildman–Crippen LogP) is 5.86. The normalized spacial score (nSPS) is 20.2. The van der Waals surface area contributed by atoms with Gasteiger partial charge in [-0.2, -0.15) is 0 Å². The highest BCUT2D eigenvalue weighted by molar-refractivity contribution is 7.18. The molecule has 0 radical (unpaired) electrons. The molecule has 7 heteroatoms. The van der Waals surface area contributed by atoms with Gasteiger partial charge in [0.2, 0.25) is 0 Å². The van der Waals surface area contributed by atoms with Gasteiger partial charge in [0.15, 0.2) is 0 Å². The number of piperidine rings is 1. The summed E-state index contributed by atoms with van der Waals surface area (Å²) in [5.41, 5.74) is 5.10. The number of thiophene rings is 1. The van der Waals surface area contributed by atoms with Crippen molar-refractivity contribution in [2.75, 3.05) is 32.1 Å². The van der Waals surface area contributed by atoms with E-state index < -0.39 is 0 Å². The summed E-state index contributed by atoms with van der Waals surface area (Å²) in [5, 5.41) is 4.80. The third-order valence-corrected chi connectivity index (χ3v) is 8.12. The van der Waals surface area contributed by atoms with Crippen molar-refractivity contribution in [2.45, 2.75) is 31.7 Å². The van der Waals surface area contributed by atoms with Crippen LogP contribution in [0.2, 0.25) is 0 Å². The Morgan fingerprint density at radius 3 is 3.07 bits per heavy atom. The number of nitrogens with one attached hydrogen (secondary N) is 1. The molecule has 1 aromatic carbocycles. The summed E-state index contributed by atoms with van der Waals surface area (Å²) in [4.78, 5) is 14.2. The number of anilines is 2. The molecule has 1 fully saturated rings. The van der Waals surface area contributed by atoms with Crippen molar-refractivity contribution < 1.29 is 4.74 Å². The molecule has 2 atom stereocenters. The van der Waals surface area contributed by atoms with Crippen LogP contribution in [-0.4, -0.2) is 47.7 Å². The fourth-order valence-electron chi connectivity index (χ4n) is 4.46. The molecule has 5 nitrogen and oxygen atoms in total. The summed E-state index contributed by atoms with van der Waals surface area (Å²) in [6.45, 7) is 5.32. The molecule has 1 saturated heterocycles. The predicted molar refractivity (Wildman–Crippen MR) is 127 cm³/mol.